The molecule has 3 fully saturated rings. The molecule has 2 heteroatoms. The molecule has 144 valence electrons. The van der Waals surface area contributed by atoms with E-state index in [4.69, 9.17) is 0 Å². The van der Waals surface area contributed by atoms with Gasteiger partial charge in [0.15, 0.2) is 0 Å². The zero-order chi connectivity index (χ0) is 16.3. The van der Waals surface area contributed by atoms with Crippen LogP contribution in [-0.2, 0) is 20.4 Å². The molecular weight excluding hydrogens is 402 g/mol. The van der Waals surface area contributed by atoms with Gasteiger partial charge in [0.05, 0.1) is 17.0 Å². The van der Waals surface area contributed by atoms with E-state index in [1.165, 1.54) is 17.0 Å². The summed E-state index contributed by atoms with van der Waals surface area (Å²) in [7, 11) is -0.0465. The van der Waals surface area contributed by atoms with Crippen molar-refractivity contribution in [1.29, 1.82) is 0 Å². The van der Waals surface area contributed by atoms with E-state index >= 15 is 0 Å². The van der Waals surface area contributed by atoms with E-state index in [0.717, 1.165) is 0 Å². The average molecular weight is 443 g/mol. The van der Waals surface area contributed by atoms with Crippen LogP contribution in [0.4, 0.5) is 0 Å². The molecule has 24 heavy (non-hydrogen) atoms. The second-order valence-corrected chi connectivity index (χ2v) is 11.5. The van der Waals surface area contributed by atoms with E-state index in [9.17, 15) is 0 Å². The first-order chi connectivity index (χ1) is 11.4. The van der Waals surface area contributed by atoms with Gasteiger partial charge in [-0.25, -0.2) is 19.1 Å². The van der Waals surface area contributed by atoms with Gasteiger partial charge in [-0.05, 0) is 77.0 Å². The normalized spacial score (nSPS) is 24.4. The average Bonchev–Trinajstić information content (AvgIpc) is 2.65. The van der Waals surface area contributed by atoms with E-state index < -0.39 is 0 Å². The smallest absolute Gasteiger partial charge is 0.0680 e. The molecule has 0 aliphatic heterocycles. The number of allylic oxidation sites excluding steroid dienone is 2. The molecule has 0 heterocycles. The van der Waals surface area contributed by atoms with Crippen molar-refractivity contribution in [2.75, 3.05) is 0 Å². The number of hydrogen-bond donors (Lipinski definition) is 0. The van der Waals surface area contributed by atoms with Gasteiger partial charge in [0.2, 0.25) is 0 Å². The van der Waals surface area contributed by atoms with Gasteiger partial charge < -0.3 is 0 Å². The molecule has 0 spiro atoms. The molecule has 0 saturated heterocycles. The van der Waals surface area contributed by atoms with Crippen molar-refractivity contribution < 1.29 is 20.4 Å². The summed E-state index contributed by atoms with van der Waals surface area (Å²) in [5.74, 6) is 0. The van der Waals surface area contributed by atoms with Crippen molar-refractivity contribution in [2.45, 2.75) is 120 Å². The van der Waals surface area contributed by atoms with Gasteiger partial charge in [-0.3, -0.25) is 0 Å². The van der Waals surface area contributed by atoms with E-state index in [0.29, 0.717) is 0 Å². The van der Waals surface area contributed by atoms with Crippen LogP contribution in [0.25, 0.3) is 0 Å². The first-order valence-corrected chi connectivity index (χ1v) is 12.4. The Hall–Kier alpha value is 0.702. The van der Waals surface area contributed by atoms with Crippen LogP contribution >= 0.6 is 7.92 Å². The maximum atomic E-state index is 3.42. The van der Waals surface area contributed by atoms with Crippen molar-refractivity contribution in [2.24, 2.45) is 0 Å². The van der Waals surface area contributed by atoms with Gasteiger partial charge >= 0.3 is 0 Å². The maximum Gasteiger partial charge on any atom is 0.0680 e. The molecule has 0 N–H and O–H groups in total. The molecule has 0 nitrogen and oxygen atoms in total. The predicted octanol–water partition coefficient (Wildman–Crippen LogP) is 7.59. The molecule has 0 radical (unpaired) electrons. The third-order valence-corrected chi connectivity index (χ3v) is 11.0. The van der Waals surface area contributed by atoms with Gasteiger partial charge in [0, 0.05) is 28.3 Å². The van der Waals surface area contributed by atoms with Crippen LogP contribution in [-0.4, -0.2) is 17.0 Å². The topological polar surface area (TPSA) is 0 Å². The maximum absolute atomic E-state index is 3.42. The fourth-order valence-electron chi connectivity index (χ4n) is 5.31. The van der Waals surface area contributed by atoms with E-state index in [1.54, 1.807) is 102 Å². The summed E-state index contributed by atoms with van der Waals surface area (Å²) in [4.78, 5) is 0. The minimum Gasteiger partial charge on any atom is -0.245 e. The van der Waals surface area contributed by atoms with Gasteiger partial charge in [-0.15, -0.1) is 6.92 Å². The van der Waals surface area contributed by atoms with Crippen LogP contribution in [0.3, 0.4) is 0 Å². The van der Waals surface area contributed by atoms with Crippen LogP contribution < -0.4 is 0 Å². The molecule has 3 saturated carbocycles. The van der Waals surface area contributed by atoms with Crippen molar-refractivity contribution in [3.05, 3.63) is 19.1 Å². The molecule has 0 aromatic carbocycles. The molecule has 0 amide bonds. The quantitative estimate of drug-likeness (QED) is 0.240. The Morgan fingerprint density at radius 3 is 1.08 bits per heavy atom. The number of hydrogen-bond acceptors (Lipinski definition) is 0. The van der Waals surface area contributed by atoms with Crippen LogP contribution in [0.2, 0.25) is 0 Å². The molecule has 0 unspecified atom stereocenters. The van der Waals surface area contributed by atoms with Crippen molar-refractivity contribution >= 4 is 7.92 Å². The summed E-state index contributed by atoms with van der Waals surface area (Å²) in [6.07, 6.45) is 27.4. The molecule has 0 aromatic heterocycles. The van der Waals surface area contributed by atoms with Crippen LogP contribution in [0, 0.1) is 6.92 Å². The van der Waals surface area contributed by atoms with Gasteiger partial charge in [0.25, 0.3) is 0 Å². The molecule has 3 rings (SSSR count). The van der Waals surface area contributed by atoms with Gasteiger partial charge in [-0.1, -0.05) is 19.3 Å². The van der Waals surface area contributed by atoms with E-state index in [2.05, 4.69) is 6.92 Å². The third-order valence-electron chi connectivity index (χ3n) is 6.47. The Kier molecular flexibility index (Phi) is 13.1. The summed E-state index contributed by atoms with van der Waals surface area (Å²) in [5.41, 5.74) is 3.68. The summed E-state index contributed by atoms with van der Waals surface area (Å²) in [5, 5.41) is 0. The van der Waals surface area contributed by atoms with Crippen LogP contribution in [0.1, 0.15) is 103 Å². The zero-order valence-corrected chi connectivity index (χ0v) is 18.6. The molecule has 3 aliphatic rings. The largest absolute Gasteiger partial charge is 0.245 e. The minimum absolute atomic E-state index is 0. The first-order valence-electron chi connectivity index (χ1n) is 10.6. The molecule has 0 bridgehead atoms. The monoisotopic (exact) mass is 442 g/mol. The summed E-state index contributed by atoms with van der Waals surface area (Å²) < 4.78 is 0. The standard InChI is InChI=1S/C18H33P.C4H7.Pd/c1-4-10-16(11-5-1)19(17-12-6-2-7-13-17)18-14-8-3-9-15-18;1-3-4-2;/h16-18H,1-15H2;3-4H,1H2,2H3;/q;-1;/p+1/b;4-3+;. The minimum atomic E-state index is -0.0465. The van der Waals surface area contributed by atoms with Crippen molar-refractivity contribution in [1.82, 2.24) is 0 Å². The van der Waals surface area contributed by atoms with Gasteiger partial charge in [-0.2, -0.15) is 0 Å². The second kappa shape index (κ2) is 13.8. The van der Waals surface area contributed by atoms with Crippen molar-refractivity contribution in [3.8, 4) is 0 Å². The molecule has 0 aromatic rings. The summed E-state index contributed by atoms with van der Waals surface area (Å²) >= 11 is 0. The molecule has 3 aliphatic carbocycles. The Bertz CT molecular complexity index is 263. The Morgan fingerprint density at radius 1 is 0.625 bits per heavy atom. The third kappa shape index (κ3) is 7.52. The summed E-state index contributed by atoms with van der Waals surface area (Å²) in [6, 6.07) is 0. The first kappa shape index (κ1) is 22.7. The Balaban J connectivity index is 0.000000522. The van der Waals surface area contributed by atoms with Gasteiger partial charge in [0.1, 0.15) is 0 Å². The number of rotatable bonds is 3. The molecular formula is C22H41PPd. The Morgan fingerprint density at radius 2 is 0.875 bits per heavy atom. The fraction of sp³-hybridized carbons (Fsp3) is 0.864. The molecule has 0 atom stereocenters. The SMILES string of the molecule is C1CCC([PH+](C2CCCCC2)C2CCCCC2)CC1.[CH2-]/C=C/C.[Pd]. The second-order valence-electron chi connectivity index (χ2n) is 8.07. The van der Waals surface area contributed by atoms with Crippen molar-refractivity contribution in [3.63, 3.8) is 0 Å². The van der Waals surface area contributed by atoms with E-state index in [-0.39, 0.29) is 28.3 Å². The zero-order valence-electron chi connectivity index (χ0n) is 16.0. The van der Waals surface area contributed by atoms with Crippen LogP contribution in [0.15, 0.2) is 12.2 Å². The Labute approximate surface area is 167 Å². The van der Waals surface area contributed by atoms with Crippen LogP contribution in [0.5, 0.6) is 0 Å². The predicted molar refractivity (Wildman–Crippen MR) is 109 cm³/mol. The summed E-state index contributed by atoms with van der Waals surface area (Å²) in [6.45, 7) is 5.36. The van der Waals surface area contributed by atoms with E-state index in [1.807, 2.05) is 13.0 Å². The fourth-order valence-corrected chi connectivity index (χ4v) is 10.5.